The molecule has 3 heterocycles. The van der Waals surface area contributed by atoms with E-state index < -0.39 is 0 Å². The molecule has 1 amide bonds. The second kappa shape index (κ2) is 9.99. The van der Waals surface area contributed by atoms with Gasteiger partial charge in [-0.05, 0) is 57.7 Å². The number of rotatable bonds is 8. The molecule has 1 aliphatic heterocycles. The van der Waals surface area contributed by atoms with Crippen molar-refractivity contribution in [3.8, 4) is 6.07 Å². The van der Waals surface area contributed by atoms with Crippen molar-refractivity contribution in [3.63, 3.8) is 0 Å². The zero-order valence-electron chi connectivity index (χ0n) is 17.6. The van der Waals surface area contributed by atoms with Gasteiger partial charge in [0, 0.05) is 24.0 Å². The summed E-state index contributed by atoms with van der Waals surface area (Å²) in [7, 11) is 0. The number of aromatic nitrogens is 3. The molecule has 156 valence electrons. The van der Waals surface area contributed by atoms with Crippen molar-refractivity contribution >= 4 is 22.4 Å². The van der Waals surface area contributed by atoms with Crippen molar-refractivity contribution in [2.75, 3.05) is 18.4 Å². The largest absolute Gasteiger partial charge is 0.302 e. The van der Waals surface area contributed by atoms with E-state index in [0.29, 0.717) is 30.9 Å². The monoisotopic (exact) mass is 414 g/mol. The van der Waals surface area contributed by atoms with Crippen LogP contribution in [0.2, 0.25) is 0 Å². The second-order valence-corrected chi connectivity index (χ2v) is 8.79. The number of hydrogen-bond donors (Lipinski definition) is 1. The minimum Gasteiger partial charge on any atom is -0.302 e. The van der Waals surface area contributed by atoms with Gasteiger partial charge in [0.1, 0.15) is 0 Å². The lowest BCUT2D eigenvalue weighted by molar-refractivity contribution is -0.116. The average molecular weight is 415 g/mol. The fourth-order valence-corrected chi connectivity index (χ4v) is 4.49. The van der Waals surface area contributed by atoms with Crippen LogP contribution in [0.5, 0.6) is 0 Å². The second-order valence-electron chi connectivity index (χ2n) is 7.93. The lowest BCUT2D eigenvalue weighted by Crippen LogP contribution is -2.32. The molecule has 3 rings (SSSR count). The molecule has 0 aromatic carbocycles. The number of nitrogens with zero attached hydrogens (tertiary/aromatic N) is 5. The molecule has 0 aliphatic carbocycles. The summed E-state index contributed by atoms with van der Waals surface area (Å²) in [6.07, 6.45) is 3.97. The summed E-state index contributed by atoms with van der Waals surface area (Å²) in [6, 6.07) is 2.15. The maximum absolute atomic E-state index is 12.4. The van der Waals surface area contributed by atoms with Gasteiger partial charge in [-0.1, -0.05) is 6.92 Å². The number of nitriles is 1. The average Bonchev–Trinajstić information content (AvgIpc) is 3.24. The third kappa shape index (κ3) is 5.87. The van der Waals surface area contributed by atoms with Gasteiger partial charge in [-0.25, -0.2) is 4.98 Å². The summed E-state index contributed by atoms with van der Waals surface area (Å²) in [6.45, 7) is 9.97. The zero-order valence-corrected chi connectivity index (χ0v) is 18.4. The van der Waals surface area contributed by atoms with E-state index in [1.165, 1.54) is 24.2 Å². The van der Waals surface area contributed by atoms with Crippen LogP contribution in [0.1, 0.15) is 55.3 Å². The molecule has 2 aromatic heterocycles. The maximum atomic E-state index is 12.4. The molecule has 0 bridgehead atoms. The predicted molar refractivity (Wildman–Crippen MR) is 115 cm³/mol. The number of nitrogens with one attached hydrogen (secondary N) is 1. The molecule has 1 saturated heterocycles. The Balaban J connectivity index is 1.48. The highest BCUT2D eigenvalue weighted by Gasteiger charge is 2.17. The van der Waals surface area contributed by atoms with Crippen LogP contribution in [0, 0.1) is 31.1 Å². The van der Waals surface area contributed by atoms with Crippen molar-refractivity contribution in [1.82, 2.24) is 19.7 Å². The summed E-state index contributed by atoms with van der Waals surface area (Å²) < 4.78 is 1.86. The number of carbonyl (C=O) groups is 1. The molecule has 1 N–H and O–H groups in total. The van der Waals surface area contributed by atoms with Crippen LogP contribution in [-0.4, -0.2) is 38.7 Å². The summed E-state index contributed by atoms with van der Waals surface area (Å²) in [5.74, 6) is 0.795. The highest BCUT2D eigenvalue weighted by atomic mass is 32.1. The zero-order chi connectivity index (χ0) is 20.8. The molecule has 8 heteroatoms. The fraction of sp³-hybridized carbons (Fsp3) is 0.619. The Hall–Kier alpha value is -2.24. The van der Waals surface area contributed by atoms with Gasteiger partial charge < -0.3 is 5.32 Å². The third-order valence-electron chi connectivity index (χ3n) is 5.63. The van der Waals surface area contributed by atoms with Crippen LogP contribution in [0.4, 0.5) is 5.13 Å². The van der Waals surface area contributed by atoms with E-state index in [0.717, 1.165) is 48.2 Å². The van der Waals surface area contributed by atoms with E-state index in [1.807, 2.05) is 23.9 Å². The van der Waals surface area contributed by atoms with Gasteiger partial charge in [-0.15, -0.1) is 11.3 Å². The van der Waals surface area contributed by atoms with Gasteiger partial charge >= 0.3 is 0 Å². The Kier molecular flexibility index (Phi) is 7.40. The van der Waals surface area contributed by atoms with Crippen LogP contribution in [0.15, 0.2) is 5.38 Å². The number of likely N-dealkylation sites (tertiary alicyclic amines) is 1. The number of thiazole rings is 1. The lowest BCUT2D eigenvalue weighted by Gasteiger charge is -2.29. The van der Waals surface area contributed by atoms with Crippen molar-refractivity contribution in [3.05, 3.63) is 28.0 Å². The molecule has 0 atom stereocenters. The number of hydrogen-bond acceptors (Lipinski definition) is 6. The molecule has 1 fully saturated rings. The highest BCUT2D eigenvalue weighted by Crippen LogP contribution is 2.21. The molecule has 0 radical (unpaired) electrons. The Labute approximate surface area is 176 Å². The van der Waals surface area contributed by atoms with Gasteiger partial charge in [0.25, 0.3) is 0 Å². The first-order chi connectivity index (χ1) is 14.0. The number of piperidine rings is 1. The maximum Gasteiger partial charge on any atom is 0.226 e. The number of amides is 1. The molecule has 0 unspecified atom stereocenters. The van der Waals surface area contributed by atoms with Crippen molar-refractivity contribution in [2.24, 2.45) is 5.92 Å². The molecule has 7 nitrogen and oxygen atoms in total. The van der Waals surface area contributed by atoms with Gasteiger partial charge in [0.2, 0.25) is 5.91 Å². The van der Waals surface area contributed by atoms with Crippen LogP contribution >= 0.6 is 11.3 Å². The smallest absolute Gasteiger partial charge is 0.226 e. The fourth-order valence-electron chi connectivity index (χ4n) is 3.78. The van der Waals surface area contributed by atoms with Crippen LogP contribution in [0.25, 0.3) is 0 Å². The minimum absolute atomic E-state index is 0.0266. The normalized spacial score (nSPS) is 15.4. The van der Waals surface area contributed by atoms with Crippen molar-refractivity contribution < 1.29 is 4.79 Å². The minimum atomic E-state index is -0.0266. The molecule has 29 heavy (non-hydrogen) atoms. The Morgan fingerprint density at radius 2 is 2.14 bits per heavy atom. The summed E-state index contributed by atoms with van der Waals surface area (Å²) >= 11 is 1.49. The lowest BCUT2D eigenvalue weighted by atomic mass is 9.99. The molecule has 0 saturated carbocycles. The molecule has 2 aromatic rings. The molecule has 1 aliphatic rings. The van der Waals surface area contributed by atoms with E-state index in [2.05, 4.69) is 33.3 Å². The van der Waals surface area contributed by atoms with E-state index in [4.69, 9.17) is 5.26 Å². The van der Waals surface area contributed by atoms with Crippen LogP contribution < -0.4 is 5.32 Å². The first-order valence-corrected chi connectivity index (χ1v) is 11.2. The summed E-state index contributed by atoms with van der Waals surface area (Å²) in [4.78, 5) is 19.4. The number of aryl methyl sites for hydroxylation is 2. The Morgan fingerprint density at radius 3 is 2.86 bits per heavy atom. The quantitative estimate of drug-likeness (QED) is 0.712. The first kappa shape index (κ1) is 21.5. The topological polar surface area (TPSA) is 86.8 Å². The van der Waals surface area contributed by atoms with E-state index in [9.17, 15) is 4.79 Å². The summed E-state index contributed by atoms with van der Waals surface area (Å²) in [5.41, 5.74) is 4.10. The van der Waals surface area contributed by atoms with Gasteiger partial charge in [-0.3, -0.25) is 14.4 Å². The molecular formula is C21H30N6OS. The van der Waals surface area contributed by atoms with Gasteiger partial charge in [0.15, 0.2) is 5.13 Å². The van der Waals surface area contributed by atoms with E-state index in [-0.39, 0.29) is 5.91 Å². The first-order valence-electron chi connectivity index (χ1n) is 10.3. The molecule has 0 spiro atoms. The van der Waals surface area contributed by atoms with Gasteiger partial charge in [-0.2, -0.15) is 10.4 Å². The standard InChI is InChI=1S/C21H30N6OS/c1-15-7-11-26(12-8-15)13-18-14-29-21(23-18)24-20(28)6-5-19-16(2)25-27(17(19)3)10-4-9-22/h14-15H,4-8,10-13H2,1-3H3,(H,23,24,28). The van der Waals surface area contributed by atoms with Crippen molar-refractivity contribution in [2.45, 2.75) is 66.0 Å². The van der Waals surface area contributed by atoms with Crippen molar-refractivity contribution in [1.29, 1.82) is 5.26 Å². The summed E-state index contributed by atoms with van der Waals surface area (Å²) in [5, 5.41) is 18.9. The Morgan fingerprint density at radius 1 is 1.38 bits per heavy atom. The highest BCUT2D eigenvalue weighted by molar-refractivity contribution is 7.13. The molecular weight excluding hydrogens is 384 g/mol. The SMILES string of the molecule is Cc1nn(CCC#N)c(C)c1CCC(=O)Nc1nc(CN2CCC(C)CC2)cs1. The van der Waals surface area contributed by atoms with Crippen LogP contribution in [-0.2, 0) is 24.3 Å². The Bertz CT molecular complexity index is 872. The van der Waals surface area contributed by atoms with E-state index >= 15 is 0 Å². The van der Waals surface area contributed by atoms with Crippen LogP contribution in [0.3, 0.4) is 0 Å². The number of carbonyl (C=O) groups excluding carboxylic acids is 1. The van der Waals surface area contributed by atoms with Gasteiger partial charge in [0.05, 0.1) is 30.4 Å². The number of anilines is 1. The predicted octanol–water partition coefficient (Wildman–Crippen LogP) is 3.67. The van der Waals surface area contributed by atoms with E-state index in [1.54, 1.807) is 0 Å². The third-order valence-corrected chi connectivity index (χ3v) is 6.44.